The average molecular weight is 1060 g/mol. The zero-order valence-corrected chi connectivity index (χ0v) is 47.3. The molecule has 0 aromatic heterocycles. The quantitative estimate of drug-likeness (QED) is 0.0393. The molecule has 3 aromatic carbocycles. The van der Waals surface area contributed by atoms with Crippen molar-refractivity contribution in [2.45, 2.75) is 124 Å². The molecule has 0 aliphatic carbocycles. The van der Waals surface area contributed by atoms with Crippen LogP contribution < -0.4 is 23.7 Å². The maximum Gasteiger partial charge on any atom is 0.203 e. The molecule has 75 heavy (non-hydrogen) atoms. The highest BCUT2D eigenvalue weighted by molar-refractivity contribution is 5.54. The van der Waals surface area contributed by atoms with Crippen molar-refractivity contribution in [1.82, 2.24) is 0 Å². The normalized spacial score (nSPS) is 11.3. The number of hydrogen-bond donors (Lipinski definition) is 0. The molecule has 0 spiro atoms. The molecule has 0 unspecified atom stereocenters. The van der Waals surface area contributed by atoms with E-state index in [0.29, 0.717) is 130 Å². The summed E-state index contributed by atoms with van der Waals surface area (Å²) in [5.41, 5.74) is 6.98. The van der Waals surface area contributed by atoms with Crippen molar-refractivity contribution in [1.29, 1.82) is 0 Å². The minimum absolute atomic E-state index is 0.317. The first-order valence-electron chi connectivity index (χ1n) is 28.1. The van der Waals surface area contributed by atoms with E-state index in [4.69, 9.17) is 66.3 Å². The van der Waals surface area contributed by atoms with Crippen molar-refractivity contribution in [2.24, 2.45) is 0 Å². The van der Waals surface area contributed by atoms with Gasteiger partial charge in [-0.3, -0.25) is 0 Å². The average Bonchev–Trinajstić information content (AvgIpc) is 3.42. The lowest BCUT2D eigenvalue weighted by molar-refractivity contribution is 0.0178. The fraction of sp³-hybridized carbons (Fsp3) is 0.672. The summed E-state index contributed by atoms with van der Waals surface area (Å²) in [4.78, 5) is 0. The van der Waals surface area contributed by atoms with Gasteiger partial charge < -0.3 is 66.3 Å². The van der Waals surface area contributed by atoms with Crippen LogP contribution in [0.2, 0.25) is 0 Å². The predicted molar refractivity (Wildman–Crippen MR) is 298 cm³/mol. The van der Waals surface area contributed by atoms with Crippen molar-refractivity contribution in [3.05, 3.63) is 88.5 Å². The van der Waals surface area contributed by atoms with Crippen LogP contribution in [0.1, 0.15) is 118 Å². The Balaban J connectivity index is 1.79. The molecule has 3 aromatic rings. The van der Waals surface area contributed by atoms with Crippen LogP contribution >= 0.6 is 0 Å². The lowest BCUT2D eigenvalue weighted by atomic mass is 9.96. The molecule has 14 heteroatoms. The van der Waals surface area contributed by atoms with E-state index in [1.165, 1.54) is 35.1 Å². The first-order chi connectivity index (χ1) is 37.0. The fourth-order valence-corrected chi connectivity index (χ4v) is 8.17. The van der Waals surface area contributed by atoms with Gasteiger partial charge in [0.05, 0.1) is 85.9 Å². The first kappa shape index (κ1) is 65.3. The van der Waals surface area contributed by atoms with Crippen LogP contribution in [0, 0.1) is 6.92 Å². The Bertz CT molecular complexity index is 1860. The van der Waals surface area contributed by atoms with Crippen LogP contribution in [0.5, 0.6) is 28.7 Å². The molecule has 0 aliphatic heterocycles. The van der Waals surface area contributed by atoms with Crippen molar-refractivity contribution < 1.29 is 66.3 Å². The lowest BCUT2D eigenvalue weighted by Crippen LogP contribution is -2.13. The van der Waals surface area contributed by atoms with Crippen molar-refractivity contribution in [3.63, 3.8) is 0 Å². The standard InChI is InChI=1S/C61H98O14/c1-8-24-65-28-20-21-56-45-53(43-51(4)60(56)74-42-40-70-38-37-68-34-32-64-7)22-23-54-44-52(10-3)46-57(47-54)75-50-55-48-58(71-29-19-15-17-27-67-33-31-63-6)61(73-30-18-14-12-11-13-16-26-62-5)59(49-55)72-41-39-69-36-35-66-25-9-2/h9,43-49H,2,8,10-42,50H2,1,3-7H3. The Hall–Kier alpha value is -3.96. The molecule has 0 fully saturated rings. The van der Waals surface area contributed by atoms with Crippen LogP contribution in [-0.2, 0) is 74.9 Å². The molecule has 0 amide bonds. The molecule has 0 N–H and O–H groups in total. The van der Waals surface area contributed by atoms with Gasteiger partial charge in [-0.1, -0.05) is 63.8 Å². The van der Waals surface area contributed by atoms with E-state index in [0.717, 1.165) is 126 Å². The van der Waals surface area contributed by atoms with Crippen LogP contribution in [0.15, 0.2) is 55.1 Å². The summed E-state index contributed by atoms with van der Waals surface area (Å²) in [6.07, 6.45) is 16.6. The van der Waals surface area contributed by atoms with Gasteiger partial charge in [0.2, 0.25) is 5.75 Å². The molecular formula is C61H98O14. The molecule has 0 saturated heterocycles. The van der Waals surface area contributed by atoms with E-state index < -0.39 is 0 Å². The van der Waals surface area contributed by atoms with Gasteiger partial charge in [-0.2, -0.15) is 0 Å². The fourth-order valence-electron chi connectivity index (χ4n) is 8.17. The summed E-state index contributed by atoms with van der Waals surface area (Å²) in [6, 6.07) is 15.3. The van der Waals surface area contributed by atoms with Gasteiger partial charge in [-0.15, -0.1) is 6.58 Å². The van der Waals surface area contributed by atoms with E-state index in [2.05, 4.69) is 57.7 Å². The molecule has 14 nitrogen and oxygen atoms in total. The second kappa shape index (κ2) is 45.1. The van der Waals surface area contributed by atoms with Gasteiger partial charge >= 0.3 is 0 Å². The largest absolute Gasteiger partial charge is 0.491 e. The monoisotopic (exact) mass is 1050 g/mol. The molecule has 0 aliphatic rings. The molecule has 0 heterocycles. The van der Waals surface area contributed by atoms with Gasteiger partial charge in [-0.05, 0) is 135 Å². The molecule has 0 radical (unpaired) electrons. The maximum atomic E-state index is 6.66. The SMILES string of the molecule is C=CCOCCOCCOc1cc(COc2cc(CC)cc(CCc3cc(C)c(OCCOCCOCCOC)c(CCCOCCC)c3)c2)cc(OCCCCCOCCOC)c1OCCCCCCCCOC. The van der Waals surface area contributed by atoms with Crippen LogP contribution in [0.4, 0.5) is 0 Å². The molecule has 0 bridgehead atoms. The Morgan fingerprint density at radius 1 is 0.387 bits per heavy atom. The maximum absolute atomic E-state index is 6.66. The van der Waals surface area contributed by atoms with Gasteiger partial charge in [0.15, 0.2) is 11.5 Å². The van der Waals surface area contributed by atoms with Crippen molar-refractivity contribution in [2.75, 3.05) is 147 Å². The summed E-state index contributed by atoms with van der Waals surface area (Å²) >= 11 is 0. The molecule has 0 saturated carbocycles. The summed E-state index contributed by atoms with van der Waals surface area (Å²) in [6.45, 7) is 21.1. The van der Waals surface area contributed by atoms with Crippen molar-refractivity contribution >= 4 is 0 Å². The Morgan fingerprint density at radius 2 is 0.880 bits per heavy atom. The van der Waals surface area contributed by atoms with Gasteiger partial charge in [0, 0.05) is 47.8 Å². The van der Waals surface area contributed by atoms with Gasteiger partial charge in [0.1, 0.15) is 31.3 Å². The van der Waals surface area contributed by atoms with Crippen molar-refractivity contribution in [3.8, 4) is 28.7 Å². The zero-order valence-electron chi connectivity index (χ0n) is 47.3. The zero-order chi connectivity index (χ0) is 53.7. The van der Waals surface area contributed by atoms with Crippen LogP contribution in [-0.4, -0.2) is 147 Å². The minimum Gasteiger partial charge on any atom is -0.491 e. The number of rotatable bonds is 52. The number of unbranched alkanes of at least 4 members (excludes halogenated alkanes) is 7. The third-order valence-corrected chi connectivity index (χ3v) is 12.1. The van der Waals surface area contributed by atoms with Crippen LogP contribution in [0.25, 0.3) is 0 Å². The Labute approximate surface area is 452 Å². The van der Waals surface area contributed by atoms with E-state index in [1.807, 2.05) is 12.1 Å². The molecule has 3 rings (SSSR count). The predicted octanol–water partition coefficient (Wildman–Crippen LogP) is 11.5. The Morgan fingerprint density at radius 3 is 1.53 bits per heavy atom. The summed E-state index contributed by atoms with van der Waals surface area (Å²) in [7, 11) is 5.11. The lowest BCUT2D eigenvalue weighted by Gasteiger charge is -2.19. The van der Waals surface area contributed by atoms with E-state index in [-0.39, 0.29) is 0 Å². The molecule has 0 atom stereocenters. The van der Waals surface area contributed by atoms with Crippen LogP contribution in [0.3, 0.4) is 0 Å². The minimum atomic E-state index is 0.317. The Kier molecular flexibility index (Phi) is 39.3. The van der Waals surface area contributed by atoms with E-state index in [1.54, 1.807) is 27.4 Å². The number of aryl methyl sites for hydroxylation is 5. The smallest absolute Gasteiger partial charge is 0.203 e. The highest BCUT2D eigenvalue weighted by Crippen LogP contribution is 2.40. The van der Waals surface area contributed by atoms with Gasteiger partial charge in [-0.25, -0.2) is 0 Å². The number of hydrogen-bond acceptors (Lipinski definition) is 14. The van der Waals surface area contributed by atoms with E-state index in [9.17, 15) is 0 Å². The third-order valence-electron chi connectivity index (χ3n) is 12.1. The summed E-state index contributed by atoms with van der Waals surface area (Å²) in [5, 5.41) is 0. The second-order valence-electron chi connectivity index (χ2n) is 18.5. The molecular weight excluding hydrogens is 957 g/mol. The van der Waals surface area contributed by atoms with E-state index >= 15 is 0 Å². The topological polar surface area (TPSA) is 129 Å². The first-order valence-corrected chi connectivity index (χ1v) is 28.1. The number of benzene rings is 3. The summed E-state index contributed by atoms with van der Waals surface area (Å²) < 4.78 is 82.1. The third kappa shape index (κ3) is 31.1. The highest BCUT2D eigenvalue weighted by Gasteiger charge is 2.18. The second-order valence-corrected chi connectivity index (χ2v) is 18.5. The number of methoxy groups -OCH3 is 3. The summed E-state index contributed by atoms with van der Waals surface area (Å²) in [5.74, 6) is 3.64. The molecule has 426 valence electrons. The number of ether oxygens (including phenoxy) is 14. The highest BCUT2D eigenvalue weighted by atomic mass is 16.6. The van der Waals surface area contributed by atoms with Gasteiger partial charge in [0.25, 0.3) is 0 Å².